The molecule has 0 spiro atoms. The minimum atomic E-state index is -2.74. The molecular weight excluding hydrogens is 273 g/mol. The van der Waals surface area contributed by atoms with Gasteiger partial charge in [-0.3, -0.25) is 9.36 Å². The Bertz CT molecular complexity index is 626. The Balaban J connectivity index is 2.11. The quantitative estimate of drug-likeness (QED) is 0.792. The molecule has 0 bridgehead atoms. The fraction of sp³-hybridized carbons (Fsp3) is 0.231. The molecule has 0 atom stereocenters. The Morgan fingerprint density at radius 2 is 2.20 bits per heavy atom. The molecule has 0 aliphatic heterocycles. The van der Waals surface area contributed by atoms with Crippen LogP contribution in [0.15, 0.2) is 30.6 Å². The number of benzene rings is 1. The fourth-order valence-corrected chi connectivity index (χ4v) is 1.61. The zero-order chi connectivity index (χ0) is 14.7. The minimum Gasteiger partial charge on any atom is -0.483 e. The van der Waals surface area contributed by atoms with E-state index in [9.17, 15) is 18.0 Å². The third-order valence-corrected chi connectivity index (χ3v) is 2.65. The van der Waals surface area contributed by atoms with Gasteiger partial charge in [-0.05, 0) is 25.1 Å². The maximum atomic E-state index is 13.6. The number of ether oxygens (including phenoxy) is 1. The zero-order valence-corrected chi connectivity index (χ0v) is 10.5. The number of imidazole rings is 1. The van der Waals surface area contributed by atoms with Gasteiger partial charge in [0.25, 0.3) is 0 Å². The highest BCUT2D eigenvalue weighted by Gasteiger charge is 2.13. The molecule has 0 fully saturated rings. The van der Waals surface area contributed by atoms with Crippen LogP contribution in [-0.4, -0.2) is 15.3 Å². The smallest absolute Gasteiger partial charge is 0.320 e. The number of Topliss-reactive ketones (excluding diaryl/α,β-unsaturated/α-hetero) is 1. The van der Waals surface area contributed by atoms with Crippen molar-refractivity contribution in [1.29, 1.82) is 0 Å². The summed E-state index contributed by atoms with van der Waals surface area (Å²) in [5.74, 6) is -1.15. The first-order valence-electron chi connectivity index (χ1n) is 5.72. The number of carbonyl (C=O) groups excluding carboxylic acids is 1. The molecule has 0 saturated heterocycles. The Kier molecular flexibility index (Phi) is 4.07. The zero-order valence-electron chi connectivity index (χ0n) is 10.5. The van der Waals surface area contributed by atoms with Gasteiger partial charge in [0.15, 0.2) is 23.2 Å². The average Bonchev–Trinajstić information content (AvgIpc) is 2.85. The molecule has 1 aromatic heterocycles. The van der Waals surface area contributed by atoms with E-state index in [-0.39, 0.29) is 29.5 Å². The third kappa shape index (κ3) is 2.98. The largest absolute Gasteiger partial charge is 0.483 e. The van der Waals surface area contributed by atoms with Crippen molar-refractivity contribution in [2.75, 3.05) is 0 Å². The van der Waals surface area contributed by atoms with E-state index in [0.717, 1.165) is 12.3 Å². The molecule has 0 unspecified atom stereocenters. The first-order valence-corrected chi connectivity index (χ1v) is 5.72. The van der Waals surface area contributed by atoms with Gasteiger partial charge in [0, 0.05) is 18.0 Å². The first kappa shape index (κ1) is 14.1. The number of nitrogens with zero attached hydrogens (tertiary/aromatic N) is 2. The van der Waals surface area contributed by atoms with Gasteiger partial charge in [0.1, 0.15) is 6.61 Å². The van der Waals surface area contributed by atoms with Gasteiger partial charge in [0.2, 0.25) is 0 Å². The molecular formula is C13H11F3N2O2. The summed E-state index contributed by atoms with van der Waals surface area (Å²) in [6, 6.07) is 3.72. The van der Waals surface area contributed by atoms with Gasteiger partial charge < -0.3 is 4.74 Å². The molecule has 0 N–H and O–H groups in total. The Labute approximate surface area is 112 Å². The highest BCUT2D eigenvalue weighted by molar-refractivity contribution is 5.94. The maximum Gasteiger partial charge on any atom is 0.320 e. The van der Waals surface area contributed by atoms with Crippen LogP contribution in [0.5, 0.6) is 5.75 Å². The molecule has 2 aromatic rings. The Morgan fingerprint density at radius 1 is 1.45 bits per heavy atom. The second-order valence-corrected chi connectivity index (χ2v) is 4.02. The normalized spacial score (nSPS) is 10.8. The van der Waals surface area contributed by atoms with Crippen molar-refractivity contribution in [2.24, 2.45) is 0 Å². The Morgan fingerprint density at radius 3 is 2.80 bits per heavy atom. The van der Waals surface area contributed by atoms with Crippen LogP contribution in [0.4, 0.5) is 13.2 Å². The average molecular weight is 284 g/mol. The molecule has 0 aliphatic rings. The van der Waals surface area contributed by atoms with Crippen LogP contribution >= 0.6 is 0 Å². The Hall–Kier alpha value is -2.31. The third-order valence-electron chi connectivity index (χ3n) is 2.65. The number of carbonyl (C=O) groups is 1. The predicted molar refractivity (Wildman–Crippen MR) is 64.2 cm³/mol. The highest BCUT2D eigenvalue weighted by atomic mass is 19.3. The van der Waals surface area contributed by atoms with Gasteiger partial charge in [0.05, 0.1) is 0 Å². The molecule has 20 heavy (non-hydrogen) atoms. The van der Waals surface area contributed by atoms with Crippen LogP contribution < -0.4 is 4.74 Å². The summed E-state index contributed by atoms with van der Waals surface area (Å²) in [4.78, 5) is 14.8. The van der Waals surface area contributed by atoms with Crippen LogP contribution in [0.25, 0.3) is 0 Å². The van der Waals surface area contributed by atoms with Crippen LogP contribution in [-0.2, 0) is 6.61 Å². The number of hydrogen-bond acceptors (Lipinski definition) is 3. The number of alkyl halides is 2. The highest BCUT2D eigenvalue weighted by Crippen LogP contribution is 2.20. The second-order valence-electron chi connectivity index (χ2n) is 4.02. The molecule has 0 amide bonds. The second kappa shape index (κ2) is 5.77. The van der Waals surface area contributed by atoms with E-state index in [1.54, 1.807) is 0 Å². The van der Waals surface area contributed by atoms with Crippen molar-refractivity contribution in [3.05, 3.63) is 47.8 Å². The van der Waals surface area contributed by atoms with Crippen molar-refractivity contribution in [2.45, 2.75) is 20.1 Å². The number of aromatic nitrogens is 2. The van der Waals surface area contributed by atoms with Crippen molar-refractivity contribution in [3.8, 4) is 5.75 Å². The van der Waals surface area contributed by atoms with Gasteiger partial charge >= 0.3 is 6.55 Å². The van der Waals surface area contributed by atoms with Crippen LogP contribution in [0.3, 0.4) is 0 Å². The lowest BCUT2D eigenvalue weighted by Gasteiger charge is -2.09. The predicted octanol–water partition coefficient (Wildman–Crippen LogP) is 3.20. The molecule has 7 heteroatoms. The topological polar surface area (TPSA) is 44.1 Å². The van der Waals surface area contributed by atoms with Crippen LogP contribution in [0.1, 0.15) is 29.7 Å². The van der Waals surface area contributed by atoms with Crippen molar-refractivity contribution in [3.63, 3.8) is 0 Å². The molecule has 0 saturated carbocycles. The maximum absolute atomic E-state index is 13.6. The number of ketones is 1. The first-order chi connectivity index (χ1) is 9.49. The fourth-order valence-electron chi connectivity index (χ4n) is 1.61. The molecule has 2 rings (SSSR count). The molecule has 4 nitrogen and oxygen atoms in total. The van der Waals surface area contributed by atoms with Gasteiger partial charge in [-0.25, -0.2) is 9.37 Å². The number of hydrogen-bond donors (Lipinski definition) is 0. The van der Waals surface area contributed by atoms with E-state index in [2.05, 4.69) is 4.98 Å². The van der Waals surface area contributed by atoms with Crippen molar-refractivity contribution >= 4 is 5.78 Å². The van der Waals surface area contributed by atoms with E-state index in [1.165, 1.54) is 25.3 Å². The summed E-state index contributed by atoms with van der Waals surface area (Å²) in [6.07, 6.45) is 2.32. The lowest BCUT2D eigenvalue weighted by Crippen LogP contribution is -2.08. The molecule has 1 heterocycles. The summed E-state index contributed by atoms with van der Waals surface area (Å²) in [5, 5.41) is 0. The summed E-state index contributed by atoms with van der Waals surface area (Å²) >= 11 is 0. The summed E-state index contributed by atoms with van der Waals surface area (Å²) in [7, 11) is 0. The molecule has 106 valence electrons. The van der Waals surface area contributed by atoms with Gasteiger partial charge in [-0.2, -0.15) is 8.78 Å². The summed E-state index contributed by atoms with van der Waals surface area (Å²) in [5.41, 5.74) is 0.212. The van der Waals surface area contributed by atoms with Crippen molar-refractivity contribution < 1.29 is 22.7 Å². The number of halogens is 3. The summed E-state index contributed by atoms with van der Waals surface area (Å²) in [6.45, 7) is -1.72. The standard InChI is InChI=1S/C13H11F3N2O2/c1-8(19)9-2-3-11(10(14)6-9)20-7-12-17-4-5-18(12)13(15)16/h2-6,13H,7H2,1H3. The SMILES string of the molecule is CC(=O)c1ccc(OCc2nccn2C(F)F)c(F)c1. The molecule has 0 aliphatic carbocycles. The molecule has 0 radical (unpaired) electrons. The lowest BCUT2D eigenvalue weighted by atomic mass is 10.1. The van der Waals surface area contributed by atoms with E-state index >= 15 is 0 Å². The van der Waals surface area contributed by atoms with Gasteiger partial charge in [-0.1, -0.05) is 0 Å². The van der Waals surface area contributed by atoms with E-state index in [0.29, 0.717) is 4.57 Å². The summed E-state index contributed by atoms with van der Waals surface area (Å²) < 4.78 is 44.5. The van der Waals surface area contributed by atoms with E-state index in [4.69, 9.17) is 4.74 Å². The number of rotatable bonds is 5. The van der Waals surface area contributed by atoms with Crippen LogP contribution in [0, 0.1) is 5.82 Å². The van der Waals surface area contributed by atoms with Crippen LogP contribution in [0.2, 0.25) is 0 Å². The lowest BCUT2D eigenvalue weighted by molar-refractivity contribution is 0.0631. The van der Waals surface area contributed by atoms with Gasteiger partial charge in [-0.15, -0.1) is 0 Å². The van der Waals surface area contributed by atoms with E-state index in [1.807, 2.05) is 0 Å². The van der Waals surface area contributed by atoms with E-state index < -0.39 is 12.4 Å². The molecule has 1 aromatic carbocycles. The van der Waals surface area contributed by atoms with Crippen molar-refractivity contribution in [1.82, 2.24) is 9.55 Å². The monoisotopic (exact) mass is 284 g/mol. The minimum absolute atomic E-state index is 0.0185.